The second-order valence-corrected chi connectivity index (χ2v) is 3.50. The summed E-state index contributed by atoms with van der Waals surface area (Å²) in [6.45, 7) is 16.2. The molecular weight excluding hydrogens is 176 g/mol. The van der Waals surface area contributed by atoms with Gasteiger partial charge in [0.1, 0.15) is 0 Å². The Labute approximate surface area is 85.3 Å². The highest BCUT2D eigenvalue weighted by atomic mass is 16.1. The van der Waals surface area contributed by atoms with Crippen LogP contribution in [0, 0.1) is 12.5 Å². The molecule has 0 aliphatic rings. The van der Waals surface area contributed by atoms with Gasteiger partial charge >= 0.3 is 5.66 Å². The molecule has 0 bridgehead atoms. The first-order chi connectivity index (χ1) is 6.52. The van der Waals surface area contributed by atoms with Crippen LogP contribution in [0.5, 0.6) is 0 Å². The van der Waals surface area contributed by atoms with E-state index in [4.69, 9.17) is 6.57 Å². The molecule has 0 aromatic carbocycles. The summed E-state index contributed by atoms with van der Waals surface area (Å²) < 4.78 is 0. The van der Waals surface area contributed by atoms with Gasteiger partial charge in [-0.1, -0.05) is 27.0 Å². The lowest BCUT2D eigenvalue weighted by Crippen LogP contribution is -2.46. The molecule has 0 radical (unpaired) electrons. The van der Waals surface area contributed by atoms with E-state index in [1.807, 2.05) is 13.8 Å². The van der Waals surface area contributed by atoms with Gasteiger partial charge in [-0.15, -0.1) is 0 Å². The fourth-order valence-corrected chi connectivity index (χ4v) is 1.31. The van der Waals surface area contributed by atoms with Crippen LogP contribution < -0.4 is 5.32 Å². The number of hydrogen-bond donors (Lipinski definition) is 1. The van der Waals surface area contributed by atoms with Gasteiger partial charge in [0.15, 0.2) is 0 Å². The van der Waals surface area contributed by atoms with E-state index in [0.29, 0.717) is 12.3 Å². The molecule has 0 amide bonds. The monoisotopic (exact) mass is 193 g/mol. The fourth-order valence-electron chi connectivity index (χ4n) is 1.31. The topological polar surface area (TPSA) is 33.5 Å². The van der Waals surface area contributed by atoms with Crippen LogP contribution in [0.4, 0.5) is 0 Å². The Morgan fingerprint density at radius 3 is 2.50 bits per heavy atom. The highest BCUT2D eigenvalue weighted by molar-refractivity contribution is 5.98. The normalized spacial score (nSPS) is 13.9. The lowest BCUT2D eigenvalue weighted by Gasteiger charge is -2.17. The Balaban J connectivity index is 4.98. The molecule has 0 aliphatic carbocycles. The van der Waals surface area contributed by atoms with E-state index in [1.54, 1.807) is 0 Å². The molecule has 0 spiro atoms. The minimum atomic E-state index is -1.10. The summed E-state index contributed by atoms with van der Waals surface area (Å²) in [6.07, 6.45) is 3.15. The summed E-state index contributed by atoms with van der Waals surface area (Å²) in [5.74, 6) is 0.0484. The van der Waals surface area contributed by atoms with E-state index in [9.17, 15) is 4.79 Å². The molecular formula is C11H17N2O+. The van der Waals surface area contributed by atoms with Crippen LogP contribution in [0.15, 0.2) is 25.4 Å². The van der Waals surface area contributed by atoms with Crippen molar-refractivity contribution in [3.05, 3.63) is 30.3 Å². The maximum atomic E-state index is 11.6. The molecule has 0 rings (SSSR count). The number of nitrogens with zero attached hydrogens (tertiary/aromatic N) is 1. The third-order valence-electron chi connectivity index (χ3n) is 1.86. The standard InChI is InChI=1S/C11H17N2O/c1-6-10(14)11(12-5,13-7-2)8-9(3)4/h5-7,9,13H,1-2,8H2,3-4H3/q+1. The van der Waals surface area contributed by atoms with Crippen molar-refractivity contribution in [3.63, 3.8) is 0 Å². The molecule has 0 saturated heterocycles. The molecule has 3 heteroatoms. The Morgan fingerprint density at radius 2 is 2.21 bits per heavy atom. The van der Waals surface area contributed by atoms with Gasteiger partial charge in [-0.25, -0.2) is 0 Å². The Morgan fingerprint density at radius 1 is 1.64 bits per heavy atom. The minimum Gasteiger partial charge on any atom is -0.311 e. The number of ketones is 1. The average Bonchev–Trinajstić information content (AvgIpc) is 2.15. The van der Waals surface area contributed by atoms with Gasteiger partial charge in [0.05, 0.1) is 6.42 Å². The second-order valence-electron chi connectivity index (χ2n) is 3.50. The molecule has 0 aromatic rings. The van der Waals surface area contributed by atoms with E-state index in [1.165, 1.54) is 12.3 Å². The number of nitrogens with one attached hydrogen (secondary N) is 1. The number of carbonyl (C=O) groups is 1. The Kier molecular flexibility index (Phi) is 4.65. The molecule has 1 atom stereocenters. The summed E-state index contributed by atoms with van der Waals surface area (Å²) in [6, 6.07) is 0. The van der Waals surface area contributed by atoms with Crippen molar-refractivity contribution >= 4 is 5.78 Å². The smallest absolute Gasteiger partial charge is 0.311 e. The van der Waals surface area contributed by atoms with E-state index in [2.05, 4.69) is 23.3 Å². The highest BCUT2D eigenvalue weighted by Crippen LogP contribution is 2.20. The SMILES string of the molecule is C#[N+]C(CC(C)C)(NC=C)C(=O)C=C. The fraction of sp³-hybridized carbons (Fsp3) is 0.455. The summed E-state index contributed by atoms with van der Waals surface area (Å²) in [5.41, 5.74) is -1.10. The van der Waals surface area contributed by atoms with E-state index in [0.717, 1.165) is 0 Å². The van der Waals surface area contributed by atoms with Crippen molar-refractivity contribution in [2.75, 3.05) is 0 Å². The maximum absolute atomic E-state index is 11.6. The second kappa shape index (κ2) is 5.23. The van der Waals surface area contributed by atoms with Gasteiger partial charge in [-0.05, 0) is 23.0 Å². The summed E-state index contributed by atoms with van der Waals surface area (Å²) >= 11 is 0. The van der Waals surface area contributed by atoms with Crippen LogP contribution in [0.3, 0.4) is 0 Å². The first kappa shape index (κ1) is 12.4. The third kappa shape index (κ3) is 2.74. The summed E-state index contributed by atoms with van der Waals surface area (Å²) in [5, 5.41) is 2.78. The van der Waals surface area contributed by atoms with Crippen LogP contribution in [-0.2, 0) is 4.79 Å². The van der Waals surface area contributed by atoms with Crippen molar-refractivity contribution in [1.82, 2.24) is 5.32 Å². The maximum Gasteiger partial charge on any atom is 0.415 e. The van der Waals surface area contributed by atoms with Crippen molar-refractivity contribution in [1.29, 1.82) is 0 Å². The number of carbonyl (C=O) groups excluding carboxylic acids is 1. The Hall–Kier alpha value is -1.56. The molecule has 1 unspecified atom stereocenters. The molecule has 0 heterocycles. The van der Waals surface area contributed by atoms with E-state index < -0.39 is 5.66 Å². The van der Waals surface area contributed by atoms with Crippen LogP contribution in [0.1, 0.15) is 20.3 Å². The highest BCUT2D eigenvalue weighted by Gasteiger charge is 2.46. The van der Waals surface area contributed by atoms with Crippen LogP contribution in [0.25, 0.3) is 4.85 Å². The number of hydrogen-bond acceptors (Lipinski definition) is 2. The van der Waals surface area contributed by atoms with Gasteiger partial charge in [-0.2, -0.15) is 0 Å². The van der Waals surface area contributed by atoms with Crippen molar-refractivity contribution in [3.8, 4) is 6.57 Å². The molecule has 0 aliphatic heterocycles. The molecule has 1 N–H and O–H groups in total. The zero-order valence-electron chi connectivity index (χ0n) is 8.79. The number of rotatable bonds is 6. The van der Waals surface area contributed by atoms with Gasteiger partial charge in [0.25, 0.3) is 12.4 Å². The predicted molar refractivity (Wildman–Crippen MR) is 59.0 cm³/mol. The summed E-state index contributed by atoms with van der Waals surface area (Å²) in [4.78, 5) is 15.2. The molecule has 76 valence electrons. The van der Waals surface area contributed by atoms with Crippen LogP contribution in [-0.4, -0.2) is 11.4 Å². The van der Waals surface area contributed by atoms with E-state index in [-0.39, 0.29) is 5.78 Å². The lowest BCUT2D eigenvalue weighted by atomic mass is 9.94. The minimum absolute atomic E-state index is 0.242. The summed E-state index contributed by atoms with van der Waals surface area (Å²) in [7, 11) is 0. The van der Waals surface area contributed by atoms with Crippen molar-refractivity contribution in [2.45, 2.75) is 25.9 Å². The zero-order chi connectivity index (χ0) is 11.2. The van der Waals surface area contributed by atoms with Gasteiger partial charge < -0.3 is 5.32 Å². The van der Waals surface area contributed by atoms with Crippen LogP contribution in [0.2, 0.25) is 0 Å². The molecule has 0 saturated carbocycles. The molecule has 0 aromatic heterocycles. The Bertz CT molecular complexity index is 276. The van der Waals surface area contributed by atoms with Crippen LogP contribution >= 0.6 is 0 Å². The zero-order valence-corrected chi connectivity index (χ0v) is 8.79. The van der Waals surface area contributed by atoms with Gasteiger partial charge in [0, 0.05) is 0 Å². The van der Waals surface area contributed by atoms with E-state index >= 15 is 0 Å². The van der Waals surface area contributed by atoms with Crippen molar-refractivity contribution in [2.24, 2.45) is 5.92 Å². The molecule has 14 heavy (non-hydrogen) atoms. The average molecular weight is 193 g/mol. The lowest BCUT2D eigenvalue weighted by molar-refractivity contribution is -0.119. The largest absolute Gasteiger partial charge is 0.415 e. The predicted octanol–water partition coefficient (Wildman–Crippen LogP) is 2.18. The van der Waals surface area contributed by atoms with Gasteiger partial charge in [-0.3, -0.25) is 4.79 Å². The first-order valence-electron chi connectivity index (χ1n) is 4.50. The van der Waals surface area contributed by atoms with Gasteiger partial charge in [0.2, 0.25) is 0 Å². The van der Waals surface area contributed by atoms with Crippen molar-refractivity contribution < 1.29 is 4.79 Å². The molecule has 0 fully saturated rings. The first-order valence-corrected chi connectivity index (χ1v) is 4.50. The molecule has 3 nitrogen and oxygen atoms in total. The quantitative estimate of drug-likeness (QED) is 0.656. The third-order valence-corrected chi connectivity index (χ3v) is 1.86.